The molecule has 3 rings (SSSR count). The number of hydrogen-bond donors (Lipinski definition) is 3. The molecule has 1 unspecified atom stereocenters. The fourth-order valence-corrected chi connectivity index (χ4v) is 3.51. The highest BCUT2D eigenvalue weighted by Gasteiger charge is 2.42. The summed E-state index contributed by atoms with van der Waals surface area (Å²) in [5.74, 6) is -1.68. The normalized spacial score (nSPS) is 16.4. The SMILES string of the molecule is CC(C)Oc1ccc(NC2NC(=O)N(CC(C)(C)C(=O)O)C(=O)N2Cc2ccc(Cl)cc2)cc1F. The molecule has 2 aromatic carbocycles. The van der Waals surface area contributed by atoms with Crippen LogP contribution in [-0.2, 0) is 11.3 Å². The Morgan fingerprint density at radius 3 is 2.46 bits per heavy atom. The average molecular weight is 507 g/mol. The molecule has 0 spiro atoms. The van der Waals surface area contributed by atoms with Gasteiger partial charge in [-0.05, 0) is 57.5 Å². The van der Waals surface area contributed by atoms with Gasteiger partial charge < -0.3 is 15.2 Å². The van der Waals surface area contributed by atoms with Gasteiger partial charge in [-0.3, -0.25) is 15.0 Å². The number of nitrogens with zero attached hydrogens (tertiary/aromatic N) is 2. The number of amides is 4. The maximum Gasteiger partial charge on any atom is 0.331 e. The molecule has 0 aromatic heterocycles. The number of carboxylic acids is 1. The van der Waals surface area contributed by atoms with Crippen LogP contribution in [0.4, 0.5) is 19.7 Å². The molecule has 1 aliphatic rings. The number of aliphatic carboxylic acids is 1. The molecule has 35 heavy (non-hydrogen) atoms. The van der Waals surface area contributed by atoms with Crippen molar-refractivity contribution in [3.63, 3.8) is 0 Å². The molecular weight excluding hydrogens is 479 g/mol. The van der Waals surface area contributed by atoms with Crippen molar-refractivity contribution in [2.45, 2.75) is 46.6 Å². The van der Waals surface area contributed by atoms with E-state index in [-0.39, 0.29) is 24.9 Å². The van der Waals surface area contributed by atoms with Gasteiger partial charge in [-0.1, -0.05) is 23.7 Å². The summed E-state index contributed by atoms with van der Waals surface area (Å²) in [4.78, 5) is 40.0. The summed E-state index contributed by atoms with van der Waals surface area (Å²) in [6.07, 6.45) is -1.25. The van der Waals surface area contributed by atoms with E-state index in [1.54, 1.807) is 44.2 Å². The summed E-state index contributed by atoms with van der Waals surface area (Å²) in [5.41, 5.74) is -0.346. The van der Waals surface area contributed by atoms with Crippen molar-refractivity contribution < 1.29 is 28.6 Å². The summed E-state index contributed by atoms with van der Waals surface area (Å²) >= 11 is 5.96. The summed E-state index contributed by atoms with van der Waals surface area (Å²) in [7, 11) is 0. The van der Waals surface area contributed by atoms with E-state index in [9.17, 15) is 23.9 Å². The average Bonchev–Trinajstić information content (AvgIpc) is 2.77. The molecule has 11 heteroatoms. The Kier molecular flexibility index (Phi) is 7.74. The van der Waals surface area contributed by atoms with E-state index in [0.717, 1.165) is 10.5 Å². The number of anilines is 1. The lowest BCUT2D eigenvalue weighted by Gasteiger charge is -2.42. The van der Waals surface area contributed by atoms with Crippen molar-refractivity contribution in [2.24, 2.45) is 5.41 Å². The Bertz CT molecular complexity index is 1110. The first-order valence-electron chi connectivity index (χ1n) is 11.0. The van der Waals surface area contributed by atoms with Gasteiger partial charge >= 0.3 is 18.0 Å². The Morgan fingerprint density at radius 1 is 1.23 bits per heavy atom. The van der Waals surface area contributed by atoms with Crippen LogP contribution in [0.2, 0.25) is 5.02 Å². The third kappa shape index (κ3) is 6.33. The molecule has 0 aliphatic carbocycles. The van der Waals surface area contributed by atoms with E-state index in [1.165, 1.54) is 30.9 Å². The molecule has 1 fully saturated rings. The number of hydrogen-bond acceptors (Lipinski definition) is 5. The minimum absolute atomic E-state index is 0.0645. The van der Waals surface area contributed by atoms with Crippen LogP contribution in [0, 0.1) is 11.2 Å². The van der Waals surface area contributed by atoms with E-state index in [1.807, 2.05) is 0 Å². The van der Waals surface area contributed by atoms with Crippen molar-refractivity contribution in [3.8, 4) is 5.75 Å². The summed E-state index contributed by atoms with van der Waals surface area (Å²) < 4.78 is 19.9. The van der Waals surface area contributed by atoms with Crippen LogP contribution in [0.5, 0.6) is 5.75 Å². The molecule has 0 radical (unpaired) electrons. The highest BCUT2D eigenvalue weighted by molar-refractivity contribution is 6.30. The lowest BCUT2D eigenvalue weighted by Crippen LogP contribution is -2.68. The number of nitrogens with one attached hydrogen (secondary N) is 2. The molecule has 4 amide bonds. The summed E-state index contributed by atoms with van der Waals surface area (Å²) in [6.45, 7) is 6.13. The summed E-state index contributed by atoms with van der Waals surface area (Å²) in [5, 5.41) is 15.6. The van der Waals surface area contributed by atoms with E-state index in [4.69, 9.17) is 16.3 Å². The second-order valence-corrected chi connectivity index (χ2v) is 9.56. The number of ether oxygens (including phenoxy) is 1. The molecule has 3 N–H and O–H groups in total. The van der Waals surface area contributed by atoms with Crippen LogP contribution in [0.3, 0.4) is 0 Å². The molecule has 0 bridgehead atoms. The van der Waals surface area contributed by atoms with E-state index in [2.05, 4.69) is 10.6 Å². The smallest absolute Gasteiger partial charge is 0.331 e. The zero-order chi connectivity index (χ0) is 25.9. The van der Waals surface area contributed by atoms with Gasteiger partial charge in [0, 0.05) is 23.3 Å². The standard InChI is InChI=1S/C24H28ClFN4O5/c1-14(2)35-19-10-9-17(11-18(19)26)27-21-28-22(33)30(13-24(3,4)20(31)32)23(34)29(21)12-15-5-7-16(25)8-6-15/h5-11,14,21,27H,12-13H2,1-4H3,(H,28,33)(H,31,32). The van der Waals surface area contributed by atoms with Crippen LogP contribution in [0.15, 0.2) is 42.5 Å². The van der Waals surface area contributed by atoms with Gasteiger partial charge in [-0.25, -0.2) is 18.9 Å². The van der Waals surface area contributed by atoms with Crippen molar-refractivity contribution in [1.82, 2.24) is 15.1 Å². The fraction of sp³-hybridized carbons (Fsp3) is 0.375. The molecule has 2 aromatic rings. The number of carboxylic acid groups (broad SMARTS) is 1. The van der Waals surface area contributed by atoms with Gasteiger partial charge in [0.05, 0.1) is 18.1 Å². The molecule has 1 atom stereocenters. The second-order valence-electron chi connectivity index (χ2n) is 9.12. The van der Waals surface area contributed by atoms with Crippen LogP contribution >= 0.6 is 11.6 Å². The Labute approximate surface area is 207 Å². The predicted octanol–water partition coefficient (Wildman–Crippen LogP) is 4.72. The Balaban J connectivity index is 1.89. The number of urea groups is 2. The van der Waals surface area contributed by atoms with Crippen molar-refractivity contribution >= 4 is 35.3 Å². The second kappa shape index (κ2) is 10.4. The highest BCUT2D eigenvalue weighted by Crippen LogP contribution is 2.26. The first-order valence-corrected chi connectivity index (χ1v) is 11.3. The van der Waals surface area contributed by atoms with Crippen molar-refractivity contribution in [3.05, 3.63) is 58.9 Å². The van der Waals surface area contributed by atoms with Gasteiger partial charge in [-0.15, -0.1) is 0 Å². The number of benzene rings is 2. The number of rotatable bonds is 9. The van der Waals surface area contributed by atoms with Crippen LogP contribution in [0.1, 0.15) is 33.3 Å². The third-order valence-corrected chi connectivity index (χ3v) is 5.54. The minimum Gasteiger partial charge on any atom is -0.488 e. The molecule has 1 aliphatic heterocycles. The monoisotopic (exact) mass is 506 g/mol. The van der Waals surface area contributed by atoms with Gasteiger partial charge in [0.15, 0.2) is 17.9 Å². The topological polar surface area (TPSA) is 111 Å². The molecule has 1 saturated heterocycles. The van der Waals surface area contributed by atoms with Crippen molar-refractivity contribution in [2.75, 3.05) is 11.9 Å². The van der Waals surface area contributed by atoms with Crippen LogP contribution in [0.25, 0.3) is 0 Å². The quantitative estimate of drug-likeness (QED) is 0.454. The number of imide groups is 1. The maximum absolute atomic E-state index is 14.5. The van der Waals surface area contributed by atoms with Gasteiger partial charge in [0.1, 0.15) is 0 Å². The number of carbonyl (C=O) groups excluding carboxylic acids is 2. The zero-order valence-corrected chi connectivity index (χ0v) is 20.6. The zero-order valence-electron chi connectivity index (χ0n) is 19.8. The molecule has 1 heterocycles. The van der Waals surface area contributed by atoms with Gasteiger partial charge in [-0.2, -0.15) is 0 Å². The van der Waals surface area contributed by atoms with E-state index >= 15 is 0 Å². The first kappa shape index (κ1) is 26.1. The van der Waals surface area contributed by atoms with E-state index in [0.29, 0.717) is 10.7 Å². The Morgan fingerprint density at radius 2 is 1.89 bits per heavy atom. The lowest BCUT2D eigenvalue weighted by molar-refractivity contribution is -0.147. The van der Waals surface area contributed by atoms with E-state index < -0.39 is 35.6 Å². The predicted molar refractivity (Wildman–Crippen MR) is 129 cm³/mol. The Hall–Kier alpha value is -3.53. The number of carbonyl (C=O) groups is 3. The fourth-order valence-electron chi connectivity index (χ4n) is 3.38. The van der Waals surface area contributed by atoms with Crippen molar-refractivity contribution in [1.29, 1.82) is 0 Å². The molecule has 188 valence electrons. The minimum atomic E-state index is -1.37. The first-order chi connectivity index (χ1) is 16.4. The lowest BCUT2D eigenvalue weighted by atomic mass is 9.93. The van der Waals surface area contributed by atoms with Gasteiger partial charge in [0.25, 0.3) is 0 Å². The third-order valence-electron chi connectivity index (χ3n) is 5.29. The maximum atomic E-state index is 14.5. The van der Waals surface area contributed by atoms with Gasteiger partial charge in [0.2, 0.25) is 0 Å². The highest BCUT2D eigenvalue weighted by atomic mass is 35.5. The van der Waals surface area contributed by atoms with Crippen LogP contribution in [-0.4, -0.2) is 51.9 Å². The van der Waals surface area contributed by atoms with Crippen LogP contribution < -0.4 is 15.4 Å². The summed E-state index contributed by atoms with van der Waals surface area (Å²) in [6, 6.07) is 9.55. The molecule has 0 saturated carbocycles. The molecule has 9 nitrogen and oxygen atoms in total. The largest absolute Gasteiger partial charge is 0.488 e. The number of halogens is 2. The molecular formula is C24H28ClFN4O5.